The predicted molar refractivity (Wildman–Crippen MR) is 129 cm³/mol. The summed E-state index contributed by atoms with van der Waals surface area (Å²) in [5.74, 6) is 0.583. The topological polar surface area (TPSA) is 83.6 Å². The van der Waals surface area contributed by atoms with Crippen molar-refractivity contribution in [2.24, 2.45) is 35.0 Å². The lowest BCUT2D eigenvalue weighted by Gasteiger charge is -2.33. The van der Waals surface area contributed by atoms with Crippen LogP contribution in [0.4, 0.5) is 0 Å². The van der Waals surface area contributed by atoms with E-state index in [4.69, 9.17) is 0 Å². The lowest BCUT2D eigenvalue weighted by molar-refractivity contribution is -0.145. The van der Waals surface area contributed by atoms with E-state index < -0.39 is 6.04 Å². The van der Waals surface area contributed by atoms with E-state index in [1.165, 1.54) is 0 Å². The van der Waals surface area contributed by atoms with Gasteiger partial charge in [0.1, 0.15) is 5.78 Å². The van der Waals surface area contributed by atoms with Crippen LogP contribution < -0.4 is 5.32 Å². The monoisotopic (exact) mass is 460 g/mol. The third-order valence-corrected chi connectivity index (χ3v) is 8.74. The molecule has 0 spiro atoms. The Kier molecular flexibility index (Phi) is 8.19. The number of hydrogen-bond donors (Lipinski definition) is 1. The van der Waals surface area contributed by atoms with Crippen molar-refractivity contribution in [1.82, 2.24) is 10.2 Å². The van der Waals surface area contributed by atoms with E-state index in [1.54, 1.807) is 14.0 Å². The lowest BCUT2D eigenvalue weighted by Crippen LogP contribution is -2.49. The first-order valence-electron chi connectivity index (χ1n) is 13.1. The Morgan fingerprint density at radius 3 is 2.24 bits per heavy atom. The maximum Gasteiger partial charge on any atom is 0.226 e. The number of likely N-dealkylation sites (tertiary alicyclic amines) is 1. The average molecular weight is 461 g/mol. The highest BCUT2D eigenvalue weighted by Gasteiger charge is 2.69. The number of carbonyl (C=O) groups excluding carboxylic acids is 4. The van der Waals surface area contributed by atoms with Gasteiger partial charge in [-0.25, -0.2) is 0 Å². The standard InChI is InChI=1S/C27H44N2O4/c1-7-9-18(16(3)30)13-23(32)25-24-20(27(24,4)5)15-29(25)26(33)19(12-17-10-11-17)14-22(31)21(8-2)28-6/h17-21,24-25,28H,7-15H2,1-6H3/t18-,19-,20?,21+,24?,25-/m1/s1. The first-order chi connectivity index (χ1) is 15.6. The van der Waals surface area contributed by atoms with Crippen LogP contribution in [0.25, 0.3) is 0 Å². The highest BCUT2D eigenvalue weighted by molar-refractivity contribution is 5.96. The SMILES string of the molecule is CCC[C@H](CC(=O)[C@@H]1C2C(CN1C(=O)[C@@H](CC(=O)[C@H](CC)NC)CC1CC1)C2(C)C)C(C)=O. The normalized spacial score (nSPS) is 28.1. The summed E-state index contributed by atoms with van der Waals surface area (Å²) in [4.78, 5) is 54.2. The van der Waals surface area contributed by atoms with E-state index in [1.807, 2.05) is 18.7 Å². The van der Waals surface area contributed by atoms with E-state index >= 15 is 0 Å². The first-order valence-corrected chi connectivity index (χ1v) is 13.1. The smallest absolute Gasteiger partial charge is 0.226 e. The van der Waals surface area contributed by atoms with Crippen molar-refractivity contribution in [3.63, 3.8) is 0 Å². The Morgan fingerprint density at radius 1 is 1.06 bits per heavy atom. The molecule has 6 atom stereocenters. The summed E-state index contributed by atoms with van der Waals surface area (Å²) in [6.45, 7) is 10.5. The second-order valence-electron chi connectivity index (χ2n) is 11.5. The van der Waals surface area contributed by atoms with Gasteiger partial charge in [-0.05, 0) is 56.4 Å². The summed E-state index contributed by atoms with van der Waals surface area (Å²) < 4.78 is 0. The van der Waals surface area contributed by atoms with Gasteiger partial charge < -0.3 is 10.2 Å². The molecule has 0 aromatic heterocycles. The molecule has 1 saturated heterocycles. The molecule has 3 fully saturated rings. The van der Waals surface area contributed by atoms with Crippen molar-refractivity contribution in [2.45, 2.75) is 98.1 Å². The molecule has 3 aliphatic rings. The molecule has 0 aromatic rings. The molecule has 33 heavy (non-hydrogen) atoms. The van der Waals surface area contributed by atoms with Crippen molar-refractivity contribution < 1.29 is 19.2 Å². The molecule has 0 bridgehead atoms. The van der Waals surface area contributed by atoms with Crippen LogP contribution in [0, 0.1) is 35.0 Å². The number of hydrogen-bond acceptors (Lipinski definition) is 5. The number of ketones is 3. The predicted octanol–water partition coefficient (Wildman–Crippen LogP) is 3.81. The van der Waals surface area contributed by atoms with Crippen molar-refractivity contribution >= 4 is 23.3 Å². The maximum absolute atomic E-state index is 13.8. The average Bonchev–Trinajstić information content (AvgIpc) is 3.60. The van der Waals surface area contributed by atoms with Crippen LogP contribution >= 0.6 is 0 Å². The molecule has 1 aliphatic heterocycles. The van der Waals surface area contributed by atoms with Gasteiger partial charge in [-0.2, -0.15) is 0 Å². The molecule has 0 aromatic carbocycles. The lowest BCUT2D eigenvalue weighted by atomic mass is 9.87. The number of Topliss-reactive ketones (excluding diaryl/α,β-unsaturated/α-hetero) is 3. The van der Waals surface area contributed by atoms with Crippen molar-refractivity contribution in [3.05, 3.63) is 0 Å². The van der Waals surface area contributed by atoms with Crippen molar-refractivity contribution in [3.8, 4) is 0 Å². The van der Waals surface area contributed by atoms with Gasteiger partial charge in [-0.1, -0.05) is 47.0 Å². The Bertz CT molecular complexity index is 768. The molecule has 1 N–H and O–H groups in total. The molecule has 1 heterocycles. The van der Waals surface area contributed by atoms with Gasteiger partial charge in [0.05, 0.1) is 12.1 Å². The molecular weight excluding hydrogens is 416 g/mol. The van der Waals surface area contributed by atoms with Gasteiger partial charge in [0.2, 0.25) is 5.91 Å². The first kappa shape index (κ1) is 26.1. The van der Waals surface area contributed by atoms with Crippen LogP contribution in [0.5, 0.6) is 0 Å². The molecule has 6 heteroatoms. The van der Waals surface area contributed by atoms with E-state index in [0.717, 1.165) is 25.7 Å². The van der Waals surface area contributed by atoms with E-state index in [2.05, 4.69) is 19.2 Å². The van der Waals surface area contributed by atoms with Crippen LogP contribution in [0.2, 0.25) is 0 Å². The number of likely N-dealkylation sites (N-methyl/N-ethyl adjacent to an activating group) is 1. The Labute approximate surface area is 199 Å². The highest BCUT2D eigenvalue weighted by Crippen LogP contribution is 2.65. The molecule has 2 unspecified atom stereocenters. The molecular formula is C27H44N2O4. The Morgan fingerprint density at radius 2 is 1.73 bits per heavy atom. The van der Waals surface area contributed by atoms with Crippen LogP contribution in [-0.2, 0) is 19.2 Å². The summed E-state index contributed by atoms with van der Waals surface area (Å²) in [6, 6.07) is -0.674. The molecule has 0 radical (unpaired) electrons. The molecule has 6 nitrogen and oxygen atoms in total. The number of nitrogens with one attached hydrogen (secondary N) is 1. The minimum absolute atomic E-state index is 0.0163. The summed E-state index contributed by atoms with van der Waals surface area (Å²) in [7, 11) is 1.79. The van der Waals surface area contributed by atoms with Crippen LogP contribution in [0.15, 0.2) is 0 Å². The van der Waals surface area contributed by atoms with E-state index in [-0.39, 0.29) is 65.3 Å². The molecule has 1 amide bonds. The van der Waals surface area contributed by atoms with Crippen LogP contribution in [0.1, 0.15) is 86.0 Å². The third kappa shape index (κ3) is 5.58. The van der Waals surface area contributed by atoms with Gasteiger partial charge >= 0.3 is 0 Å². The van der Waals surface area contributed by atoms with Gasteiger partial charge in [0.15, 0.2) is 11.6 Å². The van der Waals surface area contributed by atoms with E-state index in [9.17, 15) is 19.2 Å². The van der Waals surface area contributed by atoms with Crippen molar-refractivity contribution in [2.75, 3.05) is 13.6 Å². The van der Waals surface area contributed by atoms with Crippen molar-refractivity contribution in [1.29, 1.82) is 0 Å². The zero-order valence-corrected chi connectivity index (χ0v) is 21.5. The van der Waals surface area contributed by atoms with Crippen LogP contribution in [-0.4, -0.2) is 53.8 Å². The molecule has 186 valence electrons. The number of amides is 1. The molecule has 3 rings (SSSR count). The van der Waals surface area contributed by atoms with E-state index in [0.29, 0.717) is 31.2 Å². The van der Waals surface area contributed by atoms with Gasteiger partial charge in [0, 0.05) is 31.2 Å². The number of piperidine rings is 1. The largest absolute Gasteiger partial charge is 0.332 e. The second kappa shape index (κ2) is 10.4. The number of nitrogens with zero attached hydrogens (tertiary/aromatic N) is 1. The second-order valence-corrected chi connectivity index (χ2v) is 11.5. The third-order valence-electron chi connectivity index (χ3n) is 8.74. The number of rotatable bonds is 14. The number of carbonyl (C=O) groups is 4. The van der Waals surface area contributed by atoms with Gasteiger partial charge in [-0.3, -0.25) is 19.2 Å². The fourth-order valence-corrected chi connectivity index (χ4v) is 6.28. The molecule has 2 saturated carbocycles. The Hall–Kier alpha value is -1.56. The minimum Gasteiger partial charge on any atom is -0.332 e. The summed E-state index contributed by atoms with van der Waals surface area (Å²) in [6.07, 6.45) is 5.73. The number of fused-ring (bicyclic) bond motifs is 1. The van der Waals surface area contributed by atoms with Gasteiger partial charge in [-0.15, -0.1) is 0 Å². The highest BCUT2D eigenvalue weighted by atomic mass is 16.2. The summed E-state index contributed by atoms with van der Waals surface area (Å²) >= 11 is 0. The summed E-state index contributed by atoms with van der Waals surface area (Å²) in [5, 5.41) is 3.07. The zero-order chi connectivity index (χ0) is 24.5. The fraction of sp³-hybridized carbons (Fsp3) is 0.852. The fourth-order valence-electron chi connectivity index (χ4n) is 6.28. The Balaban J connectivity index is 1.78. The zero-order valence-electron chi connectivity index (χ0n) is 21.5. The minimum atomic E-state index is -0.445. The summed E-state index contributed by atoms with van der Waals surface area (Å²) in [5.41, 5.74) is 0.0504. The maximum atomic E-state index is 13.8. The van der Waals surface area contributed by atoms with Gasteiger partial charge in [0.25, 0.3) is 0 Å². The quantitative estimate of drug-likeness (QED) is 0.426. The molecule has 2 aliphatic carbocycles. The van der Waals surface area contributed by atoms with Crippen LogP contribution in [0.3, 0.4) is 0 Å².